The van der Waals surface area contributed by atoms with Crippen molar-refractivity contribution >= 4 is 28.2 Å². The first kappa shape index (κ1) is 13.8. The van der Waals surface area contributed by atoms with Gasteiger partial charge in [0.15, 0.2) is 0 Å². The average molecular weight is 311 g/mol. The maximum Gasteiger partial charge on any atom is 0.416 e. The highest BCUT2D eigenvalue weighted by molar-refractivity contribution is 6.35. The summed E-state index contributed by atoms with van der Waals surface area (Å²) in [6.45, 7) is 0. The molecule has 0 unspecified atom stereocenters. The van der Waals surface area contributed by atoms with Gasteiger partial charge in [-0.3, -0.25) is 0 Å². The van der Waals surface area contributed by atoms with E-state index >= 15 is 0 Å². The summed E-state index contributed by atoms with van der Waals surface area (Å²) in [5, 5.41) is 1.29. The highest BCUT2D eigenvalue weighted by Gasteiger charge is 2.30. The maximum absolute atomic E-state index is 12.6. The first-order valence-electron chi connectivity index (χ1n) is 6.10. The van der Waals surface area contributed by atoms with Crippen LogP contribution in [0.3, 0.4) is 0 Å². The van der Waals surface area contributed by atoms with Gasteiger partial charge in [-0.25, -0.2) is 0 Å². The molecule has 2 aromatic carbocycles. The Hall–Kier alpha value is -2.14. The molecule has 0 saturated carbocycles. The van der Waals surface area contributed by atoms with Gasteiger partial charge in [0.25, 0.3) is 0 Å². The van der Waals surface area contributed by atoms with E-state index < -0.39 is 11.7 Å². The molecule has 3 rings (SSSR count). The lowest BCUT2D eigenvalue weighted by atomic mass is 10.2. The fraction of sp³-hybridized carbons (Fsp3) is 0.0667. The molecule has 0 aliphatic rings. The highest BCUT2D eigenvalue weighted by Crippen LogP contribution is 2.32. The van der Waals surface area contributed by atoms with E-state index in [9.17, 15) is 13.2 Å². The minimum absolute atomic E-state index is 0.454. The van der Waals surface area contributed by atoms with Crippen molar-refractivity contribution in [2.45, 2.75) is 6.18 Å². The van der Waals surface area contributed by atoms with Gasteiger partial charge >= 0.3 is 6.18 Å². The SMILES string of the molecule is Nc1cc(Cl)c2c(ccn2-c2ccc(C(F)(F)F)cc2)c1. The second-order valence-corrected chi connectivity index (χ2v) is 5.08. The monoisotopic (exact) mass is 310 g/mol. The summed E-state index contributed by atoms with van der Waals surface area (Å²) in [7, 11) is 0. The summed E-state index contributed by atoms with van der Waals surface area (Å²) in [5.74, 6) is 0. The fourth-order valence-corrected chi connectivity index (χ4v) is 2.61. The molecule has 0 saturated heterocycles. The standard InChI is InChI=1S/C15H10ClF3N2/c16-13-8-11(20)7-9-5-6-21(14(9)13)12-3-1-10(2-4-12)15(17,18)19/h1-8H,20H2. The molecule has 0 amide bonds. The van der Waals surface area contributed by atoms with Crippen LogP contribution in [-0.2, 0) is 6.18 Å². The third kappa shape index (κ3) is 2.45. The summed E-state index contributed by atoms with van der Waals surface area (Å²) in [6, 6.07) is 10.1. The molecule has 2 N–H and O–H groups in total. The lowest BCUT2D eigenvalue weighted by molar-refractivity contribution is -0.137. The average Bonchev–Trinajstić information content (AvgIpc) is 2.81. The number of fused-ring (bicyclic) bond motifs is 1. The van der Waals surface area contributed by atoms with Crippen LogP contribution in [0, 0.1) is 0 Å². The molecule has 0 aliphatic carbocycles. The van der Waals surface area contributed by atoms with E-state index in [1.54, 1.807) is 22.9 Å². The summed E-state index contributed by atoms with van der Waals surface area (Å²) in [6.07, 6.45) is -2.60. The quantitative estimate of drug-likeness (QED) is 0.638. The highest BCUT2D eigenvalue weighted by atomic mass is 35.5. The van der Waals surface area contributed by atoms with Crippen molar-refractivity contribution in [3.05, 3.63) is 59.2 Å². The number of nitrogens with zero attached hydrogens (tertiary/aromatic N) is 1. The molecule has 2 nitrogen and oxygen atoms in total. The topological polar surface area (TPSA) is 30.9 Å². The van der Waals surface area contributed by atoms with E-state index in [1.807, 2.05) is 6.07 Å². The van der Waals surface area contributed by atoms with Crippen LogP contribution in [0.5, 0.6) is 0 Å². The lowest BCUT2D eigenvalue weighted by Gasteiger charge is -2.10. The summed E-state index contributed by atoms with van der Waals surface area (Å²) >= 11 is 6.18. The van der Waals surface area contributed by atoms with E-state index in [0.29, 0.717) is 21.9 Å². The third-order valence-electron chi connectivity index (χ3n) is 3.23. The van der Waals surface area contributed by atoms with Crippen LogP contribution in [0.1, 0.15) is 5.56 Å². The Morgan fingerprint density at radius 1 is 1.00 bits per heavy atom. The van der Waals surface area contributed by atoms with Crippen molar-refractivity contribution < 1.29 is 13.2 Å². The third-order valence-corrected chi connectivity index (χ3v) is 3.52. The zero-order chi connectivity index (χ0) is 15.2. The second kappa shape index (κ2) is 4.70. The predicted molar refractivity (Wildman–Crippen MR) is 77.7 cm³/mol. The van der Waals surface area contributed by atoms with Crippen molar-refractivity contribution in [3.8, 4) is 5.69 Å². The molecule has 0 aliphatic heterocycles. The molecule has 108 valence electrons. The normalized spacial score (nSPS) is 12.0. The number of hydrogen-bond donors (Lipinski definition) is 1. The van der Waals surface area contributed by atoms with Crippen LogP contribution in [0.25, 0.3) is 16.6 Å². The van der Waals surface area contributed by atoms with Crippen molar-refractivity contribution in [2.75, 3.05) is 5.73 Å². The van der Waals surface area contributed by atoms with E-state index in [1.165, 1.54) is 12.1 Å². The molecule has 21 heavy (non-hydrogen) atoms. The number of rotatable bonds is 1. The molecule has 3 aromatic rings. The first-order valence-corrected chi connectivity index (χ1v) is 6.48. The Morgan fingerprint density at radius 3 is 2.29 bits per heavy atom. The van der Waals surface area contributed by atoms with Gasteiger partial charge < -0.3 is 10.3 Å². The van der Waals surface area contributed by atoms with E-state index in [0.717, 1.165) is 17.5 Å². The van der Waals surface area contributed by atoms with Gasteiger partial charge in [0.05, 0.1) is 16.1 Å². The molecule has 1 heterocycles. The van der Waals surface area contributed by atoms with Gasteiger partial charge in [-0.2, -0.15) is 13.2 Å². The Balaban J connectivity index is 2.13. The molecule has 0 atom stereocenters. The predicted octanol–water partition coefficient (Wildman–Crippen LogP) is 4.88. The lowest BCUT2D eigenvalue weighted by Crippen LogP contribution is -2.04. The maximum atomic E-state index is 12.6. The van der Waals surface area contributed by atoms with Gasteiger partial charge in [-0.05, 0) is 42.5 Å². The fourth-order valence-electron chi connectivity index (χ4n) is 2.28. The van der Waals surface area contributed by atoms with Crippen LogP contribution < -0.4 is 5.73 Å². The van der Waals surface area contributed by atoms with Crippen molar-refractivity contribution in [2.24, 2.45) is 0 Å². The summed E-state index contributed by atoms with van der Waals surface area (Å²) in [5.41, 5.74) is 6.89. The van der Waals surface area contributed by atoms with E-state index in [4.69, 9.17) is 17.3 Å². The summed E-state index contributed by atoms with van der Waals surface area (Å²) < 4.78 is 39.5. The van der Waals surface area contributed by atoms with Crippen molar-refractivity contribution in [3.63, 3.8) is 0 Å². The second-order valence-electron chi connectivity index (χ2n) is 4.67. The number of hydrogen-bond acceptors (Lipinski definition) is 1. The van der Waals surface area contributed by atoms with Crippen molar-refractivity contribution in [1.29, 1.82) is 0 Å². The minimum Gasteiger partial charge on any atom is -0.399 e. The van der Waals surface area contributed by atoms with Gasteiger partial charge in [0, 0.05) is 23.0 Å². The molecular formula is C15H10ClF3N2. The minimum atomic E-state index is -4.34. The smallest absolute Gasteiger partial charge is 0.399 e. The number of alkyl halides is 3. The molecule has 6 heteroatoms. The van der Waals surface area contributed by atoms with Gasteiger partial charge in [0.2, 0.25) is 0 Å². The Kier molecular flexibility index (Phi) is 3.10. The Labute approximate surface area is 123 Å². The Bertz CT molecular complexity index is 804. The largest absolute Gasteiger partial charge is 0.416 e. The van der Waals surface area contributed by atoms with Crippen molar-refractivity contribution in [1.82, 2.24) is 4.57 Å². The number of aromatic nitrogens is 1. The first-order chi connectivity index (χ1) is 9.86. The number of halogens is 4. The van der Waals surface area contributed by atoms with Gasteiger partial charge in [-0.1, -0.05) is 11.6 Å². The molecule has 0 bridgehead atoms. The Morgan fingerprint density at radius 2 is 1.67 bits per heavy atom. The molecule has 1 aromatic heterocycles. The van der Waals surface area contributed by atoms with E-state index in [-0.39, 0.29) is 0 Å². The molecule has 0 radical (unpaired) electrons. The van der Waals surface area contributed by atoms with Gasteiger partial charge in [0.1, 0.15) is 0 Å². The number of nitrogens with two attached hydrogens (primary N) is 1. The van der Waals surface area contributed by atoms with Gasteiger partial charge in [-0.15, -0.1) is 0 Å². The van der Waals surface area contributed by atoms with E-state index in [2.05, 4.69) is 0 Å². The molecular weight excluding hydrogens is 301 g/mol. The summed E-state index contributed by atoms with van der Waals surface area (Å²) in [4.78, 5) is 0. The molecule has 0 fully saturated rings. The molecule has 0 spiro atoms. The van der Waals surface area contributed by atoms with Crippen LogP contribution in [-0.4, -0.2) is 4.57 Å². The van der Waals surface area contributed by atoms with Crippen LogP contribution in [0.4, 0.5) is 18.9 Å². The van der Waals surface area contributed by atoms with Crippen LogP contribution in [0.2, 0.25) is 5.02 Å². The number of nitrogen functional groups attached to an aromatic ring is 1. The van der Waals surface area contributed by atoms with Crippen LogP contribution in [0.15, 0.2) is 48.7 Å². The number of benzene rings is 2. The number of anilines is 1. The van der Waals surface area contributed by atoms with Crippen LogP contribution >= 0.6 is 11.6 Å². The zero-order valence-electron chi connectivity index (χ0n) is 10.7. The zero-order valence-corrected chi connectivity index (χ0v) is 11.4.